The number of hydrogen-bond acceptors (Lipinski definition) is 5. The highest BCUT2D eigenvalue weighted by Crippen LogP contribution is 2.31. The maximum Gasteiger partial charge on any atom is 0.269 e. The summed E-state index contributed by atoms with van der Waals surface area (Å²) in [6, 6.07) is 14.7. The number of non-ortho nitro benzene ring substituents is 1. The van der Waals surface area contributed by atoms with Crippen LogP contribution in [-0.4, -0.2) is 37.2 Å². The zero-order valence-electron chi connectivity index (χ0n) is 16.8. The van der Waals surface area contributed by atoms with E-state index in [0.717, 1.165) is 55.4 Å². The molecule has 2 aliphatic heterocycles. The highest BCUT2D eigenvalue weighted by molar-refractivity contribution is 5.80. The Morgan fingerprint density at radius 1 is 1.13 bits per heavy atom. The minimum absolute atomic E-state index is 0.0826. The molecule has 0 aliphatic carbocycles. The Labute approximate surface area is 175 Å². The van der Waals surface area contributed by atoms with Gasteiger partial charge in [-0.3, -0.25) is 10.1 Å². The van der Waals surface area contributed by atoms with Crippen LogP contribution in [0.4, 0.5) is 5.69 Å². The van der Waals surface area contributed by atoms with Crippen LogP contribution in [0, 0.1) is 16.0 Å². The molecule has 0 bridgehead atoms. The number of benzene rings is 2. The Balaban J connectivity index is 1.47. The number of hydrogen-bond donors (Lipinski definition) is 2. The minimum Gasteiger partial charge on any atom is -0.493 e. The molecular weight excluding hydrogens is 384 g/mol. The summed E-state index contributed by atoms with van der Waals surface area (Å²) in [6.45, 7) is 3.45. The predicted molar refractivity (Wildman–Crippen MR) is 114 cm³/mol. The van der Waals surface area contributed by atoms with E-state index < -0.39 is 4.92 Å². The van der Waals surface area contributed by atoms with Crippen molar-refractivity contribution in [3.8, 4) is 5.75 Å². The average molecular weight is 410 g/mol. The fourth-order valence-corrected chi connectivity index (χ4v) is 3.69. The van der Waals surface area contributed by atoms with Gasteiger partial charge in [-0.25, -0.2) is 4.99 Å². The van der Waals surface area contributed by atoms with Gasteiger partial charge in [0.05, 0.1) is 30.7 Å². The fourth-order valence-electron chi connectivity index (χ4n) is 3.69. The summed E-state index contributed by atoms with van der Waals surface area (Å²) in [6.07, 6.45) is 1.89. The van der Waals surface area contributed by atoms with Crippen LogP contribution in [-0.2, 0) is 11.3 Å². The molecule has 0 aromatic heterocycles. The van der Waals surface area contributed by atoms with Gasteiger partial charge >= 0.3 is 0 Å². The van der Waals surface area contributed by atoms with Crippen molar-refractivity contribution in [1.29, 1.82) is 0 Å². The quantitative estimate of drug-likeness (QED) is 0.328. The first kappa shape index (κ1) is 20.2. The van der Waals surface area contributed by atoms with E-state index in [-0.39, 0.29) is 11.7 Å². The summed E-state index contributed by atoms with van der Waals surface area (Å²) >= 11 is 0. The highest BCUT2D eigenvalue weighted by atomic mass is 16.6. The lowest BCUT2D eigenvalue weighted by molar-refractivity contribution is -0.384. The van der Waals surface area contributed by atoms with E-state index in [2.05, 4.69) is 16.7 Å². The molecule has 0 saturated carbocycles. The second-order valence-electron chi connectivity index (χ2n) is 7.57. The largest absolute Gasteiger partial charge is 0.493 e. The lowest BCUT2D eigenvalue weighted by Gasteiger charge is -2.28. The van der Waals surface area contributed by atoms with Gasteiger partial charge in [0.2, 0.25) is 0 Å². The Kier molecular flexibility index (Phi) is 6.44. The monoisotopic (exact) mass is 410 g/mol. The van der Waals surface area contributed by atoms with Crippen molar-refractivity contribution in [2.75, 3.05) is 26.4 Å². The molecule has 2 aromatic carbocycles. The topological polar surface area (TPSA) is 98.0 Å². The molecule has 0 spiro atoms. The van der Waals surface area contributed by atoms with Crippen LogP contribution in [0.3, 0.4) is 0 Å². The number of ether oxygens (including phenoxy) is 2. The van der Waals surface area contributed by atoms with E-state index >= 15 is 0 Å². The third-order valence-corrected chi connectivity index (χ3v) is 5.42. The van der Waals surface area contributed by atoms with Crippen LogP contribution in [0.5, 0.6) is 5.75 Å². The van der Waals surface area contributed by atoms with Crippen molar-refractivity contribution in [3.63, 3.8) is 0 Å². The SMILES string of the molecule is O=[N+]([O-])c1ccc(CN=C(NCC2CCOC2)NC2CCOc3ccccc32)cc1. The second-order valence-corrected chi connectivity index (χ2v) is 7.57. The molecule has 2 atom stereocenters. The lowest BCUT2D eigenvalue weighted by atomic mass is 10.0. The van der Waals surface area contributed by atoms with E-state index in [9.17, 15) is 10.1 Å². The summed E-state index contributed by atoms with van der Waals surface area (Å²) in [5.74, 6) is 2.10. The first-order valence-corrected chi connectivity index (χ1v) is 10.3. The van der Waals surface area contributed by atoms with Crippen LogP contribution in [0.2, 0.25) is 0 Å². The molecule has 8 nitrogen and oxygen atoms in total. The third-order valence-electron chi connectivity index (χ3n) is 5.42. The number of rotatable bonds is 6. The summed E-state index contributed by atoms with van der Waals surface area (Å²) in [4.78, 5) is 15.2. The Hall–Kier alpha value is -3.13. The molecule has 30 heavy (non-hydrogen) atoms. The predicted octanol–water partition coefficient (Wildman–Crippen LogP) is 3.19. The zero-order valence-corrected chi connectivity index (χ0v) is 16.8. The number of nitro benzene ring substituents is 1. The molecule has 8 heteroatoms. The van der Waals surface area contributed by atoms with Gasteiger partial charge in [0, 0.05) is 43.2 Å². The third kappa shape index (κ3) is 5.07. The molecular formula is C22H26N4O4. The Morgan fingerprint density at radius 2 is 1.97 bits per heavy atom. The van der Waals surface area contributed by atoms with Crippen LogP contribution in [0.25, 0.3) is 0 Å². The Morgan fingerprint density at radius 3 is 2.73 bits per heavy atom. The normalized spacial score (nSPS) is 20.9. The van der Waals surface area contributed by atoms with Crippen molar-refractivity contribution in [3.05, 3.63) is 69.8 Å². The van der Waals surface area contributed by atoms with E-state index in [1.165, 1.54) is 12.1 Å². The second kappa shape index (κ2) is 9.58. The molecule has 0 radical (unpaired) electrons. The fraction of sp³-hybridized carbons (Fsp3) is 0.409. The maximum absolute atomic E-state index is 10.8. The number of nitro groups is 1. The molecule has 1 saturated heterocycles. The number of para-hydroxylation sites is 1. The average Bonchev–Trinajstić information content (AvgIpc) is 3.30. The number of fused-ring (bicyclic) bond motifs is 1. The molecule has 158 valence electrons. The van der Waals surface area contributed by atoms with Crippen molar-refractivity contribution in [2.45, 2.75) is 25.4 Å². The van der Waals surface area contributed by atoms with Crippen LogP contribution in [0.1, 0.15) is 30.0 Å². The summed E-state index contributed by atoms with van der Waals surface area (Å²) in [5, 5.41) is 17.8. The van der Waals surface area contributed by atoms with E-state index in [0.29, 0.717) is 19.1 Å². The lowest BCUT2D eigenvalue weighted by Crippen LogP contribution is -2.43. The molecule has 2 unspecified atom stereocenters. The van der Waals surface area contributed by atoms with Crippen LogP contribution >= 0.6 is 0 Å². The molecule has 0 amide bonds. The molecule has 4 rings (SSSR count). The Bertz CT molecular complexity index is 894. The molecule has 2 heterocycles. The first-order chi connectivity index (χ1) is 14.7. The van der Waals surface area contributed by atoms with Crippen molar-refractivity contribution >= 4 is 11.6 Å². The van der Waals surface area contributed by atoms with Gasteiger partial charge in [-0.2, -0.15) is 0 Å². The number of nitrogens with one attached hydrogen (secondary N) is 2. The van der Waals surface area contributed by atoms with E-state index in [1.807, 2.05) is 18.2 Å². The molecule has 2 aliphatic rings. The maximum atomic E-state index is 10.8. The smallest absolute Gasteiger partial charge is 0.269 e. The van der Waals surface area contributed by atoms with E-state index in [1.54, 1.807) is 12.1 Å². The number of guanidine groups is 1. The molecule has 2 aromatic rings. The van der Waals surface area contributed by atoms with Crippen LogP contribution < -0.4 is 15.4 Å². The molecule has 1 fully saturated rings. The minimum atomic E-state index is -0.395. The zero-order chi connectivity index (χ0) is 20.8. The van der Waals surface area contributed by atoms with Crippen molar-refractivity contribution < 1.29 is 14.4 Å². The van der Waals surface area contributed by atoms with Crippen molar-refractivity contribution in [1.82, 2.24) is 10.6 Å². The summed E-state index contributed by atoms with van der Waals surface area (Å²) < 4.78 is 11.2. The van der Waals surface area contributed by atoms with Gasteiger partial charge in [0.1, 0.15) is 5.75 Å². The van der Waals surface area contributed by atoms with E-state index in [4.69, 9.17) is 14.5 Å². The van der Waals surface area contributed by atoms with Gasteiger partial charge in [-0.05, 0) is 18.1 Å². The first-order valence-electron chi connectivity index (χ1n) is 10.3. The van der Waals surface area contributed by atoms with Crippen LogP contribution in [0.15, 0.2) is 53.5 Å². The van der Waals surface area contributed by atoms with Gasteiger partial charge in [-0.1, -0.05) is 30.3 Å². The number of aliphatic imine (C=N–C) groups is 1. The molecule has 2 N–H and O–H groups in total. The number of nitrogens with zero attached hydrogens (tertiary/aromatic N) is 2. The highest BCUT2D eigenvalue weighted by Gasteiger charge is 2.23. The standard InChI is InChI=1S/C22H26N4O4/c27-26(28)18-7-5-16(6-8-18)13-23-22(24-14-17-9-11-29-15-17)25-20-10-12-30-21-4-2-1-3-19(20)21/h1-8,17,20H,9-15H2,(H2,23,24,25). The van der Waals surface area contributed by atoms with Gasteiger partial charge < -0.3 is 20.1 Å². The van der Waals surface area contributed by atoms with Gasteiger partial charge in [-0.15, -0.1) is 0 Å². The summed E-state index contributed by atoms with van der Waals surface area (Å²) in [7, 11) is 0. The van der Waals surface area contributed by atoms with Gasteiger partial charge in [0.25, 0.3) is 5.69 Å². The summed E-state index contributed by atoms with van der Waals surface area (Å²) in [5.41, 5.74) is 2.12. The van der Waals surface area contributed by atoms with Gasteiger partial charge in [0.15, 0.2) is 5.96 Å². The van der Waals surface area contributed by atoms with Crippen molar-refractivity contribution in [2.24, 2.45) is 10.9 Å².